The van der Waals surface area contributed by atoms with E-state index in [1.54, 1.807) is 23.2 Å². The molecule has 7 heteroatoms. The number of hydrogen-bond acceptors (Lipinski definition) is 4. The molecular weight excluding hydrogens is 284 g/mol. The van der Waals surface area contributed by atoms with E-state index in [1.165, 1.54) is 0 Å². The Bertz CT molecular complexity index is 574. The number of anilines is 1. The Morgan fingerprint density at radius 2 is 2.18 bits per heavy atom. The van der Waals surface area contributed by atoms with Crippen LogP contribution >= 0.6 is 0 Å². The summed E-state index contributed by atoms with van der Waals surface area (Å²) in [6.07, 6.45) is 3.71. The maximum atomic E-state index is 11.7. The lowest BCUT2D eigenvalue weighted by Crippen LogP contribution is -2.37. The number of aromatic nitrogens is 1. The summed E-state index contributed by atoms with van der Waals surface area (Å²) in [5, 5.41) is 4.98. The Morgan fingerprint density at radius 3 is 2.86 bits per heavy atom. The van der Waals surface area contributed by atoms with Crippen LogP contribution in [-0.2, 0) is 14.4 Å². The molecule has 0 aromatic carbocycles. The van der Waals surface area contributed by atoms with E-state index >= 15 is 0 Å². The van der Waals surface area contributed by atoms with Crippen molar-refractivity contribution in [1.82, 2.24) is 15.2 Å². The van der Waals surface area contributed by atoms with E-state index in [-0.39, 0.29) is 5.91 Å². The van der Waals surface area contributed by atoms with Crippen LogP contribution in [0.1, 0.15) is 24.8 Å². The minimum Gasteiger partial charge on any atom is -0.348 e. The fourth-order valence-electron chi connectivity index (χ4n) is 2.27. The van der Waals surface area contributed by atoms with Gasteiger partial charge in [-0.25, -0.2) is 4.98 Å². The van der Waals surface area contributed by atoms with E-state index in [4.69, 9.17) is 0 Å². The maximum Gasteiger partial charge on any atom is 0.314 e. The van der Waals surface area contributed by atoms with Gasteiger partial charge in [0.2, 0.25) is 5.91 Å². The normalized spacial score (nSPS) is 14.0. The lowest BCUT2D eigenvalue weighted by molar-refractivity contribution is -0.136. The maximum absolute atomic E-state index is 11.7. The Kier molecular flexibility index (Phi) is 5.46. The van der Waals surface area contributed by atoms with E-state index in [0.717, 1.165) is 18.5 Å². The summed E-state index contributed by atoms with van der Waals surface area (Å²) in [5.41, 5.74) is 0.945. The number of aryl methyl sites for hydroxylation is 1. The Morgan fingerprint density at radius 1 is 1.36 bits per heavy atom. The number of rotatable bonds is 5. The summed E-state index contributed by atoms with van der Waals surface area (Å²) in [6.45, 7) is 3.63. The number of carbonyl (C=O) groups is 3. The van der Waals surface area contributed by atoms with E-state index < -0.39 is 11.8 Å². The number of pyridine rings is 1. The van der Waals surface area contributed by atoms with Crippen molar-refractivity contribution in [2.75, 3.05) is 25.0 Å². The molecule has 2 heterocycles. The summed E-state index contributed by atoms with van der Waals surface area (Å²) in [5.74, 6) is -0.927. The largest absolute Gasteiger partial charge is 0.348 e. The molecule has 0 aliphatic carbocycles. The van der Waals surface area contributed by atoms with Gasteiger partial charge in [0.05, 0.1) is 0 Å². The van der Waals surface area contributed by atoms with Crippen molar-refractivity contribution >= 4 is 23.5 Å². The van der Waals surface area contributed by atoms with Crippen LogP contribution in [0.25, 0.3) is 0 Å². The van der Waals surface area contributed by atoms with Gasteiger partial charge in [0.1, 0.15) is 5.82 Å². The van der Waals surface area contributed by atoms with Gasteiger partial charge in [-0.2, -0.15) is 0 Å². The molecule has 3 amide bonds. The van der Waals surface area contributed by atoms with Crippen molar-refractivity contribution in [2.24, 2.45) is 0 Å². The van der Waals surface area contributed by atoms with Crippen molar-refractivity contribution in [3.8, 4) is 0 Å². The molecule has 7 nitrogen and oxygen atoms in total. The average Bonchev–Trinajstić information content (AvgIpc) is 2.88. The molecule has 0 saturated carbocycles. The molecular formula is C15H20N4O3. The average molecular weight is 304 g/mol. The first-order valence-electron chi connectivity index (χ1n) is 7.36. The second-order valence-electron chi connectivity index (χ2n) is 5.27. The van der Waals surface area contributed by atoms with Gasteiger partial charge in [0.15, 0.2) is 0 Å². The molecule has 2 rings (SSSR count). The highest BCUT2D eigenvalue weighted by Crippen LogP contribution is 2.09. The molecule has 22 heavy (non-hydrogen) atoms. The molecule has 0 radical (unpaired) electrons. The van der Waals surface area contributed by atoms with Gasteiger partial charge < -0.3 is 15.5 Å². The minimum absolute atomic E-state index is 0.162. The van der Waals surface area contributed by atoms with Crippen molar-refractivity contribution in [3.05, 3.63) is 23.9 Å². The number of nitrogens with zero attached hydrogens (tertiary/aromatic N) is 2. The van der Waals surface area contributed by atoms with Crippen LogP contribution in [0.4, 0.5) is 5.82 Å². The smallest absolute Gasteiger partial charge is 0.314 e. The quantitative estimate of drug-likeness (QED) is 0.610. The molecule has 1 aromatic rings. The monoisotopic (exact) mass is 304 g/mol. The molecule has 0 bridgehead atoms. The van der Waals surface area contributed by atoms with Gasteiger partial charge in [0.25, 0.3) is 0 Å². The molecule has 1 aliphatic rings. The Hall–Kier alpha value is -2.44. The predicted molar refractivity (Wildman–Crippen MR) is 81.0 cm³/mol. The summed E-state index contributed by atoms with van der Waals surface area (Å²) in [7, 11) is 0. The van der Waals surface area contributed by atoms with E-state index in [2.05, 4.69) is 15.6 Å². The second kappa shape index (κ2) is 7.53. The van der Waals surface area contributed by atoms with Gasteiger partial charge in [-0.3, -0.25) is 14.4 Å². The minimum atomic E-state index is -0.740. The fraction of sp³-hybridized carbons (Fsp3) is 0.467. The molecule has 1 fully saturated rings. The predicted octanol–water partition coefficient (Wildman–Crippen LogP) is 0.457. The first-order valence-corrected chi connectivity index (χ1v) is 7.36. The zero-order valence-corrected chi connectivity index (χ0v) is 12.6. The van der Waals surface area contributed by atoms with E-state index in [0.29, 0.717) is 31.7 Å². The first kappa shape index (κ1) is 15.9. The number of amides is 3. The molecule has 0 unspecified atom stereocenters. The Labute approximate surface area is 129 Å². The molecule has 1 saturated heterocycles. The van der Waals surface area contributed by atoms with Crippen molar-refractivity contribution in [3.63, 3.8) is 0 Å². The van der Waals surface area contributed by atoms with Gasteiger partial charge in [-0.05, 0) is 37.5 Å². The highest BCUT2D eigenvalue weighted by atomic mass is 16.2. The van der Waals surface area contributed by atoms with Crippen LogP contribution < -0.4 is 10.6 Å². The van der Waals surface area contributed by atoms with Crippen molar-refractivity contribution < 1.29 is 14.4 Å². The van der Waals surface area contributed by atoms with Crippen LogP contribution in [0.3, 0.4) is 0 Å². The zero-order chi connectivity index (χ0) is 15.9. The number of nitrogens with one attached hydrogen (secondary N) is 2. The highest BCUT2D eigenvalue weighted by Gasteiger charge is 2.19. The summed E-state index contributed by atoms with van der Waals surface area (Å²) in [6, 6.07) is 3.49. The highest BCUT2D eigenvalue weighted by molar-refractivity contribution is 6.39. The topological polar surface area (TPSA) is 91.4 Å². The van der Waals surface area contributed by atoms with Crippen LogP contribution in [0.2, 0.25) is 0 Å². The van der Waals surface area contributed by atoms with Gasteiger partial charge >= 0.3 is 11.8 Å². The molecule has 1 aliphatic heterocycles. The molecule has 0 spiro atoms. The summed E-state index contributed by atoms with van der Waals surface area (Å²) in [4.78, 5) is 40.5. The molecule has 1 aromatic heterocycles. The van der Waals surface area contributed by atoms with Crippen LogP contribution in [-0.4, -0.2) is 47.2 Å². The first-order chi connectivity index (χ1) is 10.6. The molecule has 118 valence electrons. The standard InChI is InChI=1S/C15H20N4O3/c1-11-5-7-16-12(10-11)18-15(22)14(21)17-6-3-9-19-8-2-4-13(19)20/h5,7,10H,2-4,6,8-9H2,1H3,(H,17,21)(H,16,18,22). The summed E-state index contributed by atoms with van der Waals surface area (Å²) < 4.78 is 0. The number of carbonyl (C=O) groups excluding carboxylic acids is 3. The number of likely N-dealkylation sites (tertiary alicyclic amines) is 1. The molecule has 2 N–H and O–H groups in total. The van der Waals surface area contributed by atoms with Crippen LogP contribution in [0.5, 0.6) is 0 Å². The van der Waals surface area contributed by atoms with Gasteiger partial charge in [0, 0.05) is 32.3 Å². The van der Waals surface area contributed by atoms with E-state index in [1.807, 2.05) is 6.92 Å². The Balaban J connectivity index is 1.68. The third-order valence-electron chi connectivity index (χ3n) is 3.43. The lowest BCUT2D eigenvalue weighted by Gasteiger charge is -2.15. The van der Waals surface area contributed by atoms with Gasteiger partial charge in [-0.15, -0.1) is 0 Å². The SMILES string of the molecule is Cc1ccnc(NC(=O)C(=O)NCCCN2CCCC2=O)c1. The van der Waals surface area contributed by atoms with Crippen molar-refractivity contribution in [1.29, 1.82) is 0 Å². The van der Waals surface area contributed by atoms with Crippen LogP contribution in [0, 0.1) is 6.92 Å². The van der Waals surface area contributed by atoms with Gasteiger partial charge in [-0.1, -0.05) is 0 Å². The second-order valence-corrected chi connectivity index (χ2v) is 5.27. The molecule has 0 atom stereocenters. The number of hydrogen-bond donors (Lipinski definition) is 2. The lowest BCUT2D eigenvalue weighted by atomic mass is 10.3. The van der Waals surface area contributed by atoms with E-state index in [9.17, 15) is 14.4 Å². The fourth-order valence-corrected chi connectivity index (χ4v) is 2.27. The summed E-state index contributed by atoms with van der Waals surface area (Å²) >= 11 is 0. The van der Waals surface area contributed by atoms with Crippen LogP contribution in [0.15, 0.2) is 18.3 Å². The third kappa shape index (κ3) is 4.54. The van der Waals surface area contributed by atoms with Crippen molar-refractivity contribution in [2.45, 2.75) is 26.2 Å². The third-order valence-corrected chi connectivity index (χ3v) is 3.43. The zero-order valence-electron chi connectivity index (χ0n) is 12.6.